The van der Waals surface area contributed by atoms with E-state index in [4.69, 9.17) is 5.73 Å². The Bertz CT molecular complexity index is 421. The van der Waals surface area contributed by atoms with Crippen molar-refractivity contribution in [2.75, 3.05) is 5.32 Å². The Morgan fingerprint density at radius 3 is 2.53 bits per heavy atom. The minimum atomic E-state index is -0.607. The molecule has 0 aliphatic heterocycles. The van der Waals surface area contributed by atoms with Crippen molar-refractivity contribution in [3.63, 3.8) is 0 Å². The number of nitrogens with two attached hydrogens (primary N) is 1. The van der Waals surface area contributed by atoms with Crippen LogP contribution >= 0.6 is 0 Å². The van der Waals surface area contributed by atoms with Crippen molar-refractivity contribution in [3.8, 4) is 0 Å². The van der Waals surface area contributed by atoms with Gasteiger partial charge >= 0.3 is 0 Å². The Morgan fingerprint density at radius 2 is 2.06 bits per heavy atom. The Labute approximate surface area is 100 Å². The van der Waals surface area contributed by atoms with Crippen molar-refractivity contribution >= 4 is 17.5 Å². The first-order valence-corrected chi connectivity index (χ1v) is 5.63. The van der Waals surface area contributed by atoms with Gasteiger partial charge in [0.1, 0.15) is 5.69 Å². The smallest absolute Gasteiger partial charge is 0.269 e. The number of primary amides is 1. The summed E-state index contributed by atoms with van der Waals surface area (Å²) in [4.78, 5) is 23.1. The minimum absolute atomic E-state index is 0.0593. The number of aryl methyl sites for hydroxylation is 1. The van der Waals surface area contributed by atoms with Gasteiger partial charge in [0.25, 0.3) is 5.91 Å². The average Bonchev–Trinajstić information content (AvgIpc) is 2.61. The summed E-state index contributed by atoms with van der Waals surface area (Å²) in [7, 11) is 1.60. The Kier molecular flexibility index (Phi) is 4.25. The highest BCUT2D eigenvalue weighted by Gasteiger charge is 2.19. The van der Waals surface area contributed by atoms with Crippen LogP contribution in [0.4, 0.5) is 5.69 Å². The third kappa shape index (κ3) is 2.83. The van der Waals surface area contributed by atoms with E-state index in [1.165, 1.54) is 10.9 Å². The van der Waals surface area contributed by atoms with Crippen LogP contribution in [0.1, 0.15) is 37.2 Å². The summed E-state index contributed by atoms with van der Waals surface area (Å²) >= 11 is 0. The number of hydrogen-bond donors (Lipinski definition) is 2. The van der Waals surface area contributed by atoms with E-state index in [0.717, 1.165) is 12.8 Å². The van der Waals surface area contributed by atoms with Gasteiger partial charge < -0.3 is 11.1 Å². The van der Waals surface area contributed by atoms with E-state index in [1.54, 1.807) is 7.05 Å². The molecule has 0 fully saturated rings. The van der Waals surface area contributed by atoms with Crippen molar-refractivity contribution in [1.29, 1.82) is 0 Å². The molecule has 0 saturated carbocycles. The largest absolute Gasteiger partial charge is 0.364 e. The molecule has 0 radical (unpaired) electrons. The molecule has 2 amide bonds. The van der Waals surface area contributed by atoms with Crippen molar-refractivity contribution < 1.29 is 9.59 Å². The molecule has 0 unspecified atom stereocenters. The number of carbonyl (C=O) groups excluding carboxylic acids is 2. The van der Waals surface area contributed by atoms with Gasteiger partial charge in [-0.2, -0.15) is 5.10 Å². The van der Waals surface area contributed by atoms with Crippen LogP contribution in [0.25, 0.3) is 0 Å². The van der Waals surface area contributed by atoms with E-state index in [1.807, 2.05) is 13.8 Å². The minimum Gasteiger partial charge on any atom is -0.364 e. The average molecular weight is 238 g/mol. The molecule has 1 rings (SSSR count). The number of carbonyl (C=O) groups is 2. The van der Waals surface area contributed by atoms with E-state index in [-0.39, 0.29) is 17.5 Å². The first-order valence-electron chi connectivity index (χ1n) is 5.63. The first-order chi connectivity index (χ1) is 8.01. The maximum atomic E-state index is 11.9. The van der Waals surface area contributed by atoms with Gasteiger partial charge in [-0.15, -0.1) is 0 Å². The zero-order valence-corrected chi connectivity index (χ0v) is 10.4. The van der Waals surface area contributed by atoms with Crippen molar-refractivity contribution in [2.45, 2.75) is 26.7 Å². The molecular weight excluding hydrogens is 220 g/mol. The summed E-state index contributed by atoms with van der Waals surface area (Å²) in [6.07, 6.45) is 2.95. The molecule has 94 valence electrons. The number of amides is 2. The van der Waals surface area contributed by atoms with Crippen LogP contribution in [0, 0.1) is 5.92 Å². The highest BCUT2D eigenvalue weighted by molar-refractivity contribution is 6.02. The van der Waals surface area contributed by atoms with Gasteiger partial charge in [0.15, 0.2) is 0 Å². The van der Waals surface area contributed by atoms with Gasteiger partial charge in [-0.25, -0.2) is 0 Å². The molecule has 0 bridgehead atoms. The van der Waals surface area contributed by atoms with Crippen molar-refractivity contribution in [2.24, 2.45) is 18.7 Å². The molecule has 0 atom stereocenters. The van der Waals surface area contributed by atoms with Gasteiger partial charge in [0, 0.05) is 13.0 Å². The van der Waals surface area contributed by atoms with E-state index in [0.29, 0.717) is 5.69 Å². The molecule has 1 heterocycles. The molecule has 0 saturated heterocycles. The fourth-order valence-corrected chi connectivity index (χ4v) is 1.72. The molecule has 1 aromatic heterocycles. The molecule has 0 aromatic carbocycles. The van der Waals surface area contributed by atoms with Crippen LogP contribution in [-0.4, -0.2) is 21.6 Å². The second-order valence-electron chi connectivity index (χ2n) is 3.90. The van der Waals surface area contributed by atoms with Crippen LogP contribution in [-0.2, 0) is 11.8 Å². The zero-order chi connectivity index (χ0) is 13.0. The number of aromatic nitrogens is 2. The van der Waals surface area contributed by atoms with Gasteiger partial charge in [-0.3, -0.25) is 14.3 Å². The second-order valence-corrected chi connectivity index (χ2v) is 3.90. The quantitative estimate of drug-likeness (QED) is 0.798. The van der Waals surface area contributed by atoms with E-state index < -0.39 is 5.91 Å². The molecule has 17 heavy (non-hydrogen) atoms. The fourth-order valence-electron chi connectivity index (χ4n) is 1.72. The second kappa shape index (κ2) is 5.47. The monoisotopic (exact) mass is 238 g/mol. The molecule has 0 aliphatic rings. The Balaban J connectivity index is 2.89. The molecular formula is C11H18N4O2. The van der Waals surface area contributed by atoms with Crippen LogP contribution in [0.15, 0.2) is 6.20 Å². The SMILES string of the molecule is CCC(CC)C(=O)Nc1cnn(C)c1C(N)=O. The van der Waals surface area contributed by atoms with Crippen LogP contribution in [0.2, 0.25) is 0 Å². The van der Waals surface area contributed by atoms with Crippen LogP contribution in [0.5, 0.6) is 0 Å². The summed E-state index contributed by atoms with van der Waals surface area (Å²) in [5, 5.41) is 6.59. The maximum absolute atomic E-state index is 11.9. The summed E-state index contributed by atoms with van der Waals surface area (Å²) in [5.41, 5.74) is 5.81. The molecule has 6 nitrogen and oxygen atoms in total. The van der Waals surface area contributed by atoms with Crippen molar-refractivity contribution in [3.05, 3.63) is 11.9 Å². The highest BCUT2D eigenvalue weighted by Crippen LogP contribution is 2.16. The predicted molar refractivity (Wildman–Crippen MR) is 64.4 cm³/mol. The lowest BCUT2D eigenvalue weighted by Gasteiger charge is -2.12. The molecule has 0 spiro atoms. The third-order valence-corrected chi connectivity index (χ3v) is 2.79. The summed E-state index contributed by atoms with van der Waals surface area (Å²) in [6.45, 7) is 3.90. The number of nitrogens with zero attached hydrogens (tertiary/aromatic N) is 2. The summed E-state index contributed by atoms with van der Waals surface area (Å²) < 4.78 is 1.35. The lowest BCUT2D eigenvalue weighted by Crippen LogP contribution is -2.24. The topological polar surface area (TPSA) is 90.0 Å². The predicted octanol–water partition coefficient (Wildman–Crippen LogP) is 0.894. The van der Waals surface area contributed by atoms with Gasteiger partial charge in [-0.1, -0.05) is 13.8 Å². The summed E-state index contributed by atoms with van der Waals surface area (Å²) in [6, 6.07) is 0. The molecule has 0 aliphatic carbocycles. The van der Waals surface area contributed by atoms with Gasteiger partial charge in [0.2, 0.25) is 5.91 Å². The van der Waals surface area contributed by atoms with E-state index in [9.17, 15) is 9.59 Å². The Hall–Kier alpha value is -1.85. The molecule has 1 aromatic rings. The number of nitrogens with one attached hydrogen (secondary N) is 1. The maximum Gasteiger partial charge on any atom is 0.269 e. The Morgan fingerprint density at radius 1 is 1.47 bits per heavy atom. The third-order valence-electron chi connectivity index (χ3n) is 2.79. The standard InChI is InChI=1S/C11H18N4O2/c1-4-7(5-2)11(17)14-8-6-13-15(3)9(8)10(12)16/h6-7H,4-5H2,1-3H3,(H2,12,16)(H,14,17). The summed E-state index contributed by atoms with van der Waals surface area (Å²) in [5.74, 6) is -0.772. The zero-order valence-electron chi connectivity index (χ0n) is 10.4. The van der Waals surface area contributed by atoms with E-state index in [2.05, 4.69) is 10.4 Å². The number of hydrogen-bond acceptors (Lipinski definition) is 3. The van der Waals surface area contributed by atoms with Crippen LogP contribution in [0.3, 0.4) is 0 Å². The fraction of sp³-hybridized carbons (Fsp3) is 0.545. The van der Waals surface area contributed by atoms with Gasteiger partial charge in [0.05, 0.1) is 11.9 Å². The van der Waals surface area contributed by atoms with Crippen molar-refractivity contribution in [1.82, 2.24) is 9.78 Å². The van der Waals surface area contributed by atoms with Crippen LogP contribution < -0.4 is 11.1 Å². The molecule has 6 heteroatoms. The number of anilines is 1. The lowest BCUT2D eigenvalue weighted by molar-refractivity contribution is -0.120. The van der Waals surface area contributed by atoms with Gasteiger partial charge in [-0.05, 0) is 12.8 Å². The number of rotatable bonds is 5. The first kappa shape index (κ1) is 13.2. The lowest BCUT2D eigenvalue weighted by atomic mass is 10.0. The highest BCUT2D eigenvalue weighted by atomic mass is 16.2. The normalized spacial score (nSPS) is 10.6. The molecule has 3 N–H and O–H groups in total. The van der Waals surface area contributed by atoms with E-state index >= 15 is 0 Å².